The first-order chi connectivity index (χ1) is 14.4. The monoisotopic (exact) mass is 413 g/mol. The molecule has 0 aliphatic carbocycles. The lowest BCUT2D eigenvalue weighted by Gasteiger charge is -2.30. The average molecular weight is 414 g/mol. The number of nitrogens with zero attached hydrogens (tertiary/aromatic N) is 1. The quantitative estimate of drug-likeness (QED) is 0.619. The van der Waals surface area contributed by atoms with Crippen molar-refractivity contribution in [3.05, 3.63) is 59.7 Å². The molecule has 2 rings (SSSR count). The Labute approximate surface area is 178 Å². The maximum Gasteiger partial charge on any atom is 0.242 e. The molecule has 0 saturated heterocycles. The number of carbonyl (C=O) groups excluding carboxylic acids is 2. The van der Waals surface area contributed by atoms with E-state index in [2.05, 4.69) is 10.6 Å². The molecule has 2 aromatic rings. The number of likely N-dealkylation sites (N-methyl/N-ethyl adjacent to an activating group) is 3. The van der Waals surface area contributed by atoms with Gasteiger partial charge in [0.05, 0.1) is 20.3 Å². The molecule has 0 heterocycles. The molecule has 0 radical (unpaired) electrons. The standard InChI is InChI=1S/C23H31N3O4/c1-24-20(14-16-6-10-18(29-4)11-7-16)23(28)26(3)21(22(27)25-2)15-17-8-12-19(30-5)13-9-17/h6-13,20-21,24H,14-15H2,1-5H3,(H,25,27)/t20-,21-/m1/s1. The number of rotatable bonds is 10. The Morgan fingerprint density at radius 1 is 0.867 bits per heavy atom. The zero-order chi connectivity index (χ0) is 22.1. The molecular weight excluding hydrogens is 382 g/mol. The van der Waals surface area contributed by atoms with Crippen LogP contribution in [-0.2, 0) is 22.4 Å². The zero-order valence-electron chi connectivity index (χ0n) is 18.3. The zero-order valence-corrected chi connectivity index (χ0v) is 18.3. The van der Waals surface area contributed by atoms with Crippen LogP contribution in [0.4, 0.5) is 0 Å². The highest BCUT2D eigenvalue weighted by Crippen LogP contribution is 2.17. The van der Waals surface area contributed by atoms with Crippen molar-refractivity contribution in [1.82, 2.24) is 15.5 Å². The molecule has 0 aromatic heterocycles. The predicted molar refractivity (Wildman–Crippen MR) is 117 cm³/mol. The second kappa shape index (κ2) is 11.2. The van der Waals surface area contributed by atoms with Gasteiger partial charge in [0.1, 0.15) is 17.5 Å². The molecule has 30 heavy (non-hydrogen) atoms. The lowest BCUT2D eigenvalue weighted by Crippen LogP contribution is -2.53. The average Bonchev–Trinajstić information content (AvgIpc) is 2.80. The molecule has 2 aromatic carbocycles. The van der Waals surface area contributed by atoms with E-state index in [4.69, 9.17) is 9.47 Å². The van der Waals surface area contributed by atoms with Crippen molar-refractivity contribution in [3.63, 3.8) is 0 Å². The smallest absolute Gasteiger partial charge is 0.242 e. The Morgan fingerprint density at radius 2 is 1.33 bits per heavy atom. The van der Waals surface area contributed by atoms with Crippen molar-refractivity contribution in [1.29, 1.82) is 0 Å². The Morgan fingerprint density at radius 3 is 1.73 bits per heavy atom. The summed E-state index contributed by atoms with van der Waals surface area (Å²) in [5.41, 5.74) is 1.95. The third-order valence-corrected chi connectivity index (χ3v) is 5.20. The molecule has 2 atom stereocenters. The summed E-state index contributed by atoms with van der Waals surface area (Å²) in [6, 6.07) is 14.0. The number of amides is 2. The molecule has 0 aliphatic heterocycles. The third-order valence-electron chi connectivity index (χ3n) is 5.20. The summed E-state index contributed by atoms with van der Waals surface area (Å²) in [5, 5.41) is 5.75. The van der Waals surface area contributed by atoms with E-state index in [1.165, 1.54) is 4.90 Å². The van der Waals surface area contributed by atoms with Crippen LogP contribution >= 0.6 is 0 Å². The van der Waals surface area contributed by atoms with Gasteiger partial charge in [-0.05, 0) is 48.9 Å². The van der Waals surface area contributed by atoms with Crippen molar-refractivity contribution < 1.29 is 19.1 Å². The fraction of sp³-hybridized carbons (Fsp3) is 0.391. The van der Waals surface area contributed by atoms with E-state index in [1.54, 1.807) is 35.4 Å². The van der Waals surface area contributed by atoms with Gasteiger partial charge >= 0.3 is 0 Å². The molecule has 0 fully saturated rings. The van der Waals surface area contributed by atoms with E-state index in [0.717, 1.165) is 22.6 Å². The van der Waals surface area contributed by atoms with Gasteiger partial charge in [0.25, 0.3) is 0 Å². The van der Waals surface area contributed by atoms with Crippen LogP contribution in [-0.4, -0.2) is 64.2 Å². The van der Waals surface area contributed by atoms with Crippen LogP contribution in [0, 0.1) is 0 Å². The second-order valence-corrected chi connectivity index (χ2v) is 7.02. The number of hydrogen-bond donors (Lipinski definition) is 2. The summed E-state index contributed by atoms with van der Waals surface area (Å²) in [4.78, 5) is 27.3. The minimum absolute atomic E-state index is 0.143. The van der Waals surface area contributed by atoms with Crippen LogP contribution < -0.4 is 20.1 Å². The summed E-state index contributed by atoms with van der Waals surface area (Å²) >= 11 is 0. The molecule has 0 saturated carbocycles. The van der Waals surface area contributed by atoms with Crippen molar-refractivity contribution in [2.45, 2.75) is 24.9 Å². The number of nitrogens with one attached hydrogen (secondary N) is 2. The van der Waals surface area contributed by atoms with Gasteiger partial charge in [-0.1, -0.05) is 24.3 Å². The third kappa shape index (κ3) is 5.97. The minimum atomic E-state index is -0.623. The first-order valence-corrected chi connectivity index (χ1v) is 9.84. The van der Waals surface area contributed by atoms with Crippen LogP contribution in [0.25, 0.3) is 0 Å². The summed E-state index contributed by atoms with van der Waals surface area (Å²) in [5.74, 6) is 1.16. The number of ether oxygens (including phenoxy) is 2. The molecule has 0 aliphatic rings. The first kappa shape index (κ1) is 23.2. The van der Waals surface area contributed by atoms with E-state index in [-0.39, 0.29) is 11.8 Å². The second-order valence-electron chi connectivity index (χ2n) is 7.02. The molecule has 2 N–H and O–H groups in total. The van der Waals surface area contributed by atoms with Gasteiger partial charge in [0.15, 0.2) is 0 Å². The van der Waals surface area contributed by atoms with Crippen molar-refractivity contribution in [2.75, 3.05) is 35.4 Å². The SMILES string of the molecule is CNC(=O)[C@@H](Cc1ccc(OC)cc1)N(C)C(=O)[C@@H](Cc1ccc(OC)cc1)NC. The highest BCUT2D eigenvalue weighted by molar-refractivity contribution is 5.90. The van der Waals surface area contributed by atoms with E-state index in [1.807, 2.05) is 48.5 Å². The van der Waals surface area contributed by atoms with Crippen LogP contribution in [0.3, 0.4) is 0 Å². The Kier molecular flexibility index (Phi) is 8.68. The van der Waals surface area contributed by atoms with Gasteiger partial charge in [-0.25, -0.2) is 0 Å². The minimum Gasteiger partial charge on any atom is -0.497 e. The van der Waals surface area contributed by atoms with Gasteiger partial charge in [0, 0.05) is 20.5 Å². The maximum absolute atomic E-state index is 13.2. The summed E-state index contributed by atoms with van der Waals surface area (Å²) in [7, 11) is 8.22. The maximum atomic E-state index is 13.2. The number of carbonyl (C=O) groups is 2. The number of hydrogen-bond acceptors (Lipinski definition) is 5. The summed E-state index contributed by atoms with van der Waals surface area (Å²) in [6.07, 6.45) is 0.914. The van der Waals surface area contributed by atoms with Gasteiger partial charge in [-0.2, -0.15) is 0 Å². The molecule has 0 unspecified atom stereocenters. The number of methoxy groups -OCH3 is 2. The van der Waals surface area contributed by atoms with E-state index < -0.39 is 12.1 Å². The Balaban J connectivity index is 2.15. The van der Waals surface area contributed by atoms with Crippen molar-refractivity contribution in [2.24, 2.45) is 0 Å². The molecule has 7 nitrogen and oxygen atoms in total. The van der Waals surface area contributed by atoms with Gasteiger partial charge in [-0.3, -0.25) is 9.59 Å². The highest BCUT2D eigenvalue weighted by atomic mass is 16.5. The van der Waals surface area contributed by atoms with Crippen LogP contribution in [0.1, 0.15) is 11.1 Å². The van der Waals surface area contributed by atoms with Crippen LogP contribution in [0.5, 0.6) is 11.5 Å². The van der Waals surface area contributed by atoms with E-state index >= 15 is 0 Å². The molecule has 0 bridgehead atoms. The van der Waals surface area contributed by atoms with Crippen molar-refractivity contribution >= 4 is 11.8 Å². The van der Waals surface area contributed by atoms with Crippen LogP contribution in [0.2, 0.25) is 0 Å². The predicted octanol–water partition coefficient (Wildman–Crippen LogP) is 1.65. The van der Waals surface area contributed by atoms with Gasteiger partial charge < -0.3 is 25.0 Å². The van der Waals surface area contributed by atoms with E-state index in [9.17, 15) is 9.59 Å². The fourth-order valence-corrected chi connectivity index (χ4v) is 3.27. The fourth-order valence-electron chi connectivity index (χ4n) is 3.27. The van der Waals surface area contributed by atoms with Crippen molar-refractivity contribution in [3.8, 4) is 11.5 Å². The number of benzene rings is 2. The van der Waals surface area contributed by atoms with Gasteiger partial charge in [-0.15, -0.1) is 0 Å². The molecule has 7 heteroatoms. The summed E-state index contributed by atoms with van der Waals surface area (Å²) in [6.45, 7) is 0. The lowest BCUT2D eigenvalue weighted by molar-refractivity contribution is -0.140. The largest absolute Gasteiger partial charge is 0.497 e. The van der Waals surface area contributed by atoms with Crippen LogP contribution in [0.15, 0.2) is 48.5 Å². The topological polar surface area (TPSA) is 79.9 Å². The highest BCUT2D eigenvalue weighted by Gasteiger charge is 2.30. The normalized spacial score (nSPS) is 12.6. The Bertz CT molecular complexity index is 821. The summed E-state index contributed by atoms with van der Waals surface area (Å²) < 4.78 is 10.4. The lowest BCUT2D eigenvalue weighted by atomic mass is 10.0. The molecule has 0 spiro atoms. The molecule has 2 amide bonds. The first-order valence-electron chi connectivity index (χ1n) is 9.84. The molecular formula is C23H31N3O4. The molecule has 162 valence electrons. The van der Waals surface area contributed by atoms with E-state index in [0.29, 0.717) is 12.8 Å². The van der Waals surface area contributed by atoms with Gasteiger partial charge in [0.2, 0.25) is 11.8 Å². The Hall–Kier alpha value is -3.06.